The summed E-state index contributed by atoms with van der Waals surface area (Å²) in [5.41, 5.74) is 5.04. The smallest absolute Gasteiger partial charge is 0.251 e. The van der Waals surface area contributed by atoms with Crippen molar-refractivity contribution in [3.63, 3.8) is 0 Å². The lowest BCUT2D eigenvalue weighted by atomic mass is 10.1. The Labute approximate surface area is 206 Å². The molecular weight excluding hydrogens is 482 g/mol. The van der Waals surface area contributed by atoms with Gasteiger partial charge in [0.05, 0.1) is 27.0 Å². The second kappa shape index (κ2) is 8.79. The van der Waals surface area contributed by atoms with Crippen molar-refractivity contribution in [2.24, 2.45) is 7.05 Å². The monoisotopic (exact) mass is 505 g/mol. The van der Waals surface area contributed by atoms with Gasteiger partial charge in [-0.15, -0.1) is 11.3 Å². The molecule has 3 aromatic heterocycles. The topological polar surface area (TPSA) is 106 Å². The maximum Gasteiger partial charge on any atom is 0.251 e. The molecule has 0 saturated heterocycles. The number of thiophene rings is 1. The Morgan fingerprint density at radius 1 is 1.11 bits per heavy atom. The van der Waals surface area contributed by atoms with E-state index in [1.807, 2.05) is 42.9 Å². The number of anilines is 1. The first-order valence-electron chi connectivity index (χ1n) is 10.8. The van der Waals surface area contributed by atoms with Gasteiger partial charge in [-0.2, -0.15) is 0 Å². The predicted molar refractivity (Wildman–Crippen MR) is 140 cm³/mol. The number of amides is 1. The van der Waals surface area contributed by atoms with Crippen LogP contribution in [0.4, 0.5) is 5.82 Å². The number of nitrogens with zero attached hydrogens (tertiary/aromatic N) is 3. The number of benzene rings is 2. The van der Waals surface area contributed by atoms with Crippen LogP contribution in [0.5, 0.6) is 0 Å². The van der Waals surface area contributed by atoms with E-state index in [-0.39, 0.29) is 10.8 Å². The first-order valence-corrected chi connectivity index (χ1v) is 13.6. The molecule has 5 aromatic rings. The fraction of sp³-hybridized carbons (Fsp3) is 0.160. The number of fused-ring (bicyclic) bond motifs is 3. The van der Waals surface area contributed by atoms with Crippen molar-refractivity contribution < 1.29 is 13.2 Å². The number of hydrogen-bond acceptors (Lipinski definition) is 7. The minimum absolute atomic E-state index is 0.120. The van der Waals surface area contributed by atoms with Gasteiger partial charge in [-0.3, -0.25) is 4.79 Å². The zero-order valence-corrected chi connectivity index (χ0v) is 21.0. The number of aryl methyl sites for hydroxylation is 1. The number of imidazole rings is 1. The number of rotatable bonds is 6. The summed E-state index contributed by atoms with van der Waals surface area (Å²) in [5.74, 6) is 0.416. The van der Waals surface area contributed by atoms with Gasteiger partial charge in [-0.1, -0.05) is 24.3 Å². The standard InChI is InChI=1S/C25H23N5O3S2/c1-26-24-21-22(30(2)14-28-21)23-19(29-24)12-20(34-23)16-7-4-6-15(10-16)13-27-25(31)17-8-5-9-18(11-17)35(3,32)33/h4-12,14H,13H2,1-3H3,(H,26,29)(H,27,31). The Balaban J connectivity index is 1.41. The summed E-state index contributed by atoms with van der Waals surface area (Å²) >= 11 is 1.66. The highest BCUT2D eigenvalue weighted by Crippen LogP contribution is 2.38. The molecule has 0 aliphatic carbocycles. The van der Waals surface area contributed by atoms with Crippen molar-refractivity contribution in [2.45, 2.75) is 11.4 Å². The van der Waals surface area contributed by atoms with Crippen LogP contribution >= 0.6 is 11.3 Å². The average Bonchev–Trinajstić information content (AvgIpc) is 3.45. The number of nitrogens with one attached hydrogen (secondary N) is 2. The van der Waals surface area contributed by atoms with Crippen LogP contribution < -0.4 is 10.6 Å². The molecule has 0 aliphatic heterocycles. The third-order valence-electron chi connectivity index (χ3n) is 5.75. The van der Waals surface area contributed by atoms with E-state index >= 15 is 0 Å². The molecule has 3 heterocycles. The molecule has 0 aliphatic rings. The predicted octanol–water partition coefficient (Wildman–Crippen LogP) is 4.23. The van der Waals surface area contributed by atoms with E-state index in [9.17, 15) is 13.2 Å². The van der Waals surface area contributed by atoms with Crippen molar-refractivity contribution in [3.8, 4) is 10.4 Å². The Morgan fingerprint density at radius 3 is 2.69 bits per heavy atom. The van der Waals surface area contributed by atoms with Gasteiger partial charge < -0.3 is 15.2 Å². The highest BCUT2D eigenvalue weighted by Gasteiger charge is 2.16. The van der Waals surface area contributed by atoms with E-state index in [1.54, 1.807) is 29.8 Å². The second-order valence-electron chi connectivity index (χ2n) is 8.27. The summed E-state index contributed by atoms with van der Waals surface area (Å²) in [7, 11) is 0.429. The first-order chi connectivity index (χ1) is 16.7. The molecule has 8 nitrogen and oxygen atoms in total. The van der Waals surface area contributed by atoms with Crippen LogP contribution in [0.25, 0.3) is 31.7 Å². The molecule has 178 valence electrons. The van der Waals surface area contributed by atoms with Gasteiger partial charge in [-0.05, 0) is 41.5 Å². The van der Waals surface area contributed by atoms with Crippen molar-refractivity contribution in [1.82, 2.24) is 19.9 Å². The molecule has 0 saturated carbocycles. The highest BCUT2D eigenvalue weighted by atomic mass is 32.2. The molecule has 2 N–H and O–H groups in total. The fourth-order valence-electron chi connectivity index (χ4n) is 3.98. The Hall–Kier alpha value is -3.76. The molecule has 0 spiro atoms. The summed E-state index contributed by atoms with van der Waals surface area (Å²) in [6.07, 6.45) is 2.92. The third-order valence-corrected chi connectivity index (χ3v) is 8.04. The Kier molecular flexibility index (Phi) is 5.78. The van der Waals surface area contributed by atoms with E-state index in [2.05, 4.69) is 21.7 Å². The fourth-order valence-corrected chi connectivity index (χ4v) is 5.83. The number of carbonyl (C=O) groups excluding carboxylic acids is 1. The van der Waals surface area contributed by atoms with Gasteiger partial charge in [0.15, 0.2) is 15.7 Å². The van der Waals surface area contributed by atoms with E-state index < -0.39 is 9.84 Å². The summed E-state index contributed by atoms with van der Waals surface area (Å²) < 4.78 is 26.7. The van der Waals surface area contributed by atoms with Gasteiger partial charge in [0.1, 0.15) is 5.52 Å². The largest absolute Gasteiger partial charge is 0.371 e. The van der Waals surface area contributed by atoms with Crippen molar-refractivity contribution in [2.75, 3.05) is 18.6 Å². The normalized spacial score (nSPS) is 11.7. The van der Waals surface area contributed by atoms with Crippen LogP contribution in [0.2, 0.25) is 0 Å². The molecular formula is C25H23N5O3S2. The average molecular weight is 506 g/mol. The molecule has 5 rings (SSSR count). The van der Waals surface area contributed by atoms with Crippen LogP contribution in [0.15, 0.2) is 65.8 Å². The summed E-state index contributed by atoms with van der Waals surface area (Å²) in [4.78, 5) is 23.1. The van der Waals surface area contributed by atoms with Gasteiger partial charge in [0.25, 0.3) is 5.91 Å². The lowest BCUT2D eigenvalue weighted by Crippen LogP contribution is -2.23. The molecule has 0 unspecified atom stereocenters. The van der Waals surface area contributed by atoms with E-state index in [4.69, 9.17) is 4.98 Å². The molecule has 0 atom stereocenters. The maximum absolute atomic E-state index is 12.6. The molecule has 0 bridgehead atoms. The third kappa shape index (κ3) is 4.38. The number of carbonyl (C=O) groups is 1. The number of pyridine rings is 1. The molecule has 10 heteroatoms. The Morgan fingerprint density at radius 2 is 1.91 bits per heavy atom. The van der Waals surface area contributed by atoms with Crippen molar-refractivity contribution >= 4 is 54.1 Å². The van der Waals surface area contributed by atoms with Crippen LogP contribution in [0.1, 0.15) is 15.9 Å². The molecule has 1 amide bonds. The van der Waals surface area contributed by atoms with E-state index in [0.717, 1.165) is 49.3 Å². The van der Waals surface area contributed by atoms with E-state index in [1.165, 1.54) is 12.1 Å². The molecule has 35 heavy (non-hydrogen) atoms. The lowest BCUT2D eigenvalue weighted by molar-refractivity contribution is 0.0950. The van der Waals surface area contributed by atoms with Gasteiger partial charge in [-0.25, -0.2) is 18.4 Å². The van der Waals surface area contributed by atoms with E-state index in [0.29, 0.717) is 12.1 Å². The molecule has 0 fully saturated rings. The summed E-state index contributed by atoms with van der Waals surface area (Å²) in [6.45, 7) is 0.314. The van der Waals surface area contributed by atoms with Crippen LogP contribution in [-0.2, 0) is 23.4 Å². The quantitative estimate of drug-likeness (QED) is 0.358. The zero-order chi connectivity index (χ0) is 24.7. The summed E-state index contributed by atoms with van der Waals surface area (Å²) in [5, 5.41) is 6.01. The first kappa shape index (κ1) is 23.0. The zero-order valence-electron chi connectivity index (χ0n) is 19.4. The minimum atomic E-state index is -3.38. The van der Waals surface area contributed by atoms with Crippen LogP contribution in [-0.4, -0.2) is 42.2 Å². The maximum atomic E-state index is 12.6. The van der Waals surface area contributed by atoms with Crippen molar-refractivity contribution in [3.05, 3.63) is 72.1 Å². The number of aromatic nitrogens is 3. The SMILES string of the molecule is CNc1nc2cc(-c3cccc(CNC(=O)c4cccc(S(C)(=O)=O)c4)c3)sc2c2c1ncn2C. The lowest BCUT2D eigenvalue weighted by Gasteiger charge is -2.08. The molecule has 0 radical (unpaired) electrons. The van der Waals surface area contributed by atoms with Crippen LogP contribution in [0.3, 0.4) is 0 Å². The van der Waals surface area contributed by atoms with Gasteiger partial charge in [0, 0.05) is 37.3 Å². The Bertz CT molecular complexity index is 1700. The van der Waals surface area contributed by atoms with Gasteiger partial charge >= 0.3 is 0 Å². The van der Waals surface area contributed by atoms with Crippen LogP contribution in [0, 0.1) is 0 Å². The minimum Gasteiger partial charge on any atom is -0.371 e. The number of hydrogen-bond donors (Lipinski definition) is 2. The second-order valence-corrected chi connectivity index (χ2v) is 11.3. The highest BCUT2D eigenvalue weighted by molar-refractivity contribution is 7.90. The summed E-state index contributed by atoms with van der Waals surface area (Å²) in [6, 6.07) is 16.1. The molecule has 2 aromatic carbocycles. The van der Waals surface area contributed by atoms with Gasteiger partial charge in [0.2, 0.25) is 0 Å². The van der Waals surface area contributed by atoms with Crippen molar-refractivity contribution in [1.29, 1.82) is 0 Å². The number of sulfone groups is 1.